The number of nitrogens with zero attached hydrogens (tertiary/aromatic N) is 2. The average Bonchev–Trinajstić information content (AvgIpc) is 2.41. The van der Waals surface area contributed by atoms with Crippen molar-refractivity contribution in [1.82, 2.24) is 10.3 Å². The zero-order chi connectivity index (χ0) is 15.7. The van der Waals surface area contributed by atoms with Crippen LogP contribution in [0.3, 0.4) is 0 Å². The van der Waals surface area contributed by atoms with Crippen molar-refractivity contribution in [2.45, 2.75) is 46.7 Å². The van der Waals surface area contributed by atoms with Gasteiger partial charge in [-0.1, -0.05) is 27.7 Å². The van der Waals surface area contributed by atoms with Gasteiger partial charge in [0.15, 0.2) is 0 Å². The molecule has 2 rings (SSSR count). The summed E-state index contributed by atoms with van der Waals surface area (Å²) in [6, 6.07) is 2.74. The molecule has 5 heteroatoms. The van der Waals surface area contributed by atoms with Crippen molar-refractivity contribution in [3.8, 4) is 0 Å². The lowest BCUT2D eigenvalue weighted by atomic mass is 9.92. The molecule has 0 aromatic carbocycles. The highest BCUT2D eigenvalue weighted by Crippen LogP contribution is 2.26. The number of aryl methyl sites for hydroxylation is 1. The van der Waals surface area contributed by atoms with E-state index in [9.17, 15) is 9.59 Å². The van der Waals surface area contributed by atoms with Crippen molar-refractivity contribution >= 4 is 17.5 Å². The van der Waals surface area contributed by atoms with Crippen LogP contribution in [-0.4, -0.2) is 28.9 Å². The SMILES string of the molecule is Cc1ccc(N2C(=O)C(C(C)C)NC(=O)C2C(C)C)cn1. The highest BCUT2D eigenvalue weighted by molar-refractivity contribution is 6.08. The maximum atomic E-state index is 12.8. The number of anilines is 1. The molecule has 1 aliphatic heterocycles. The fourth-order valence-corrected chi connectivity index (χ4v) is 2.65. The van der Waals surface area contributed by atoms with E-state index < -0.39 is 12.1 Å². The molecule has 2 atom stereocenters. The fourth-order valence-electron chi connectivity index (χ4n) is 2.65. The van der Waals surface area contributed by atoms with Crippen molar-refractivity contribution in [2.24, 2.45) is 11.8 Å². The molecular formula is C16H23N3O2. The van der Waals surface area contributed by atoms with Gasteiger partial charge < -0.3 is 5.32 Å². The van der Waals surface area contributed by atoms with Gasteiger partial charge in [0.2, 0.25) is 5.91 Å². The Morgan fingerprint density at radius 3 is 2.29 bits per heavy atom. The first kappa shape index (κ1) is 15.5. The summed E-state index contributed by atoms with van der Waals surface area (Å²) in [6.45, 7) is 9.66. The van der Waals surface area contributed by atoms with Gasteiger partial charge >= 0.3 is 0 Å². The van der Waals surface area contributed by atoms with Crippen molar-refractivity contribution in [3.63, 3.8) is 0 Å². The number of pyridine rings is 1. The molecule has 1 N–H and O–H groups in total. The predicted octanol–water partition coefficient (Wildman–Crippen LogP) is 1.90. The van der Waals surface area contributed by atoms with Gasteiger partial charge in [-0.15, -0.1) is 0 Å². The first-order chi connectivity index (χ1) is 9.82. The summed E-state index contributed by atoms with van der Waals surface area (Å²) in [7, 11) is 0. The van der Waals surface area contributed by atoms with E-state index >= 15 is 0 Å². The van der Waals surface area contributed by atoms with Crippen LogP contribution in [0.2, 0.25) is 0 Å². The van der Waals surface area contributed by atoms with Gasteiger partial charge in [0, 0.05) is 5.69 Å². The highest BCUT2D eigenvalue weighted by Gasteiger charge is 2.43. The molecule has 0 bridgehead atoms. The summed E-state index contributed by atoms with van der Waals surface area (Å²) in [5.41, 5.74) is 1.57. The van der Waals surface area contributed by atoms with Gasteiger partial charge in [-0.25, -0.2) is 0 Å². The number of rotatable bonds is 3. The number of carbonyl (C=O) groups is 2. The number of piperazine rings is 1. The van der Waals surface area contributed by atoms with E-state index in [4.69, 9.17) is 0 Å². The minimum absolute atomic E-state index is 0.0309. The second-order valence-corrected chi connectivity index (χ2v) is 6.29. The van der Waals surface area contributed by atoms with E-state index in [0.717, 1.165) is 5.69 Å². The van der Waals surface area contributed by atoms with E-state index in [1.807, 2.05) is 46.8 Å². The lowest BCUT2D eigenvalue weighted by Crippen LogP contribution is -2.66. The second kappa shape index (κ2) is 5.84. The third kappa shape index (κ3) is 2.91. The number of aromatic nitrogens is 1. The van der Waals surface area contributed by atoms with E-state index in [-0.39, 0.29) is 23.7 Å². The van der Waals surface area contributed by atoms with Gasteiger partial charge in [-0.05, 0) is 30.9 Å². The smallest absolute Gasteiger partial charge is 0.250 e. The first-order valence-electron chi connectivity index (χ1n) is 7.39. The molecule has 2 amide bonds. The van der Waals surface area contributed by atoms with Gasteiger partial charge in [-0.3, -0.25) is 19.5 Å². The third-order valence-corrected chi connectivity index (χ3v) is 3.82. The quantitative estimate of drug-likeness (QED) is 0.924. The molecule has 0 aliphatic carbocycles. The molecule has 5 nitrogen and oxygen atoms in total. The molecule has 1 fully saturated rings. The maximum Gasteiger partial charge on any atom is 0.250 e. The van der Waals surface area contributed by atoms with Gasteiger partial charge in [0.25, 0.3) is 5.91 Å². The van der Waals surface area contributed by atoms with E-state index in [2.05, 4.69) is 10.3 Å². The normalized spacial score (nSPS) is 22.9. The molecule has 1 aliphatic rings. The van der Waals surface area contributed by atoms with Crippen LogP contribution in [0, 0.1) is 18.8 Å². The molecule has 1 aromatic rings. The Hall–Kier alpha value is -1.91. The third-order valence-electron chi connectivity index (χ3n) is 3.82. The van der Waals surface area contributed by atoms with Gasteiger partial charge in [-0.2, -0.15) is 0 Å². The first-order valence-corrected chi connectivity index (χ1v) is 7.39. The highest BCUT2D eigenvalue weighted by atomic mass is 16.2. The molecule has 0 saturated carbocycles. The standard InChI is InChI=1S/C16H23N3O2/c1-9(2)13-16(21)19(12-7-6-11(5)17-8-12)14(10(3)4)15(20)18-13/h6-10,13-14H,1-5H3,(H,18,20). The number of carbonyl (C=O) groups excluding carboxylic acids is 2. The largest absolute Gasteiger partial charge is 0.342 e. The molecule has 0 radical (unpaired) electrons. The van der Waals surface area contributed by atoms with Crippen LogP contribution >= 0.6 is 0 Å². The van der Waals surface area contributed by atoms with Crippen LogP contribution < -0.4 is 10.2 Å². The number of nitrogens with one attached hydrogen (secondary N) is 1. The molecule has 2 heterocycles. The summed E-state index contributed by atoms with van der Waals surface area (Å²) in [4.78, 5) is 31.1. The number of hydrogen-bond acceptors (Lipinski definition) is 3. The lowest BCUT2D eigenvalue weighted by Gasteiger charge is -2.41. The van der Waals surface area contributed by atoms with Gasteiger partial charge in [0.1, 0.15) is 12.1 Å². The summed E-state index contributed by atoms with van der Waals surface area (Å²) in [5.74, 6) is -0.0725. The van der Waals surface area contributed by atoms with Crippen LogP contribution in [0.15, 0.2) is 18.3 Å². The van der Waals surface area contributed by atoms with E-state index in [0.29, 0.717) is 5.69 Å². The molecular weight excluding hydrogens is 266 g/mol. The molecule has 1 saturated heterocycles. The molecule has 0 spiro atoms. The molecule has 2 unspecified atom stereocenters. The Balaban J connectivity index is 2.45. The summed E-state index contributed by atoms with van der Waals surface area (Å²) < 4.78 is 0. The number of hydrogen-bond donors (Lipinski definition) is 1. The summed E-state index contributed by atoms with van der Waals surface area (Å²) >= 11 is 0. The minimum atomic E-state index is -0.489. The lowest BCUT2D eigenvalue weighted by molar-refractivity contribution is -0.135. The van der Waals surface area contributed by atoms with Crippen molar-refractivity contribution < 1.29 is 9.59 Å². The molecule has 1 aromatic heterocycles. The Morgan fingerprint density at radius 1 is 1.14 bits per heavy atom. The van der Waals surface area contributed by atoms with Crippen LogP contribution in [0.1, 0.15) is 33.4 Å². The second-order valence-electron chi connectivity index (χ2n) is 6.29. The Labute approximate surface area is 125 Å². The van der Waals surface area contributed by atoms with Crippen molar-refractivity contribution in [2.75, 3.05) is 4.90 Å². The zero-order valence-electron chi connectivity index (χ0n) is 13.3. The topological polar surface area (TPSA) is 62.3 Å². The predicted molar refractivity (Wildman–Crippen MR) is 81.9 cm³/mol. The Kier molecular flexibility index (Phi) is 4.30. The minimum Gasteiger partial charge on any atom is -0.342 e. The van der Waals surface area contributed by atoms with Crippen LogP contribution in [-0.2, 0) is 9.59 Å². The molecule has 21 heavy (non-hydrogen) atoms. The number of amides is 2. The summed E-state index contributed by atoms with van der Waals surface area (Å²) in [6.07, 6.45) is 1.67. The van der Waals surface area contributed by atoms with Crippen molar-refractivity contribution in [1.29, 1.82) is 0 Å². The fraction of sp³-hybridized carbons (Fsp3) is 0.562. The Bertz CT molecular complexity index is 537. The monoisotopic (exact) mass is 289 g/mol. The van der Waals surface area contributed by atoms with E-state index in [1.165, 1.54) is 0 Å². The average molecular weight is 289 g/mol. The Morgan fingerprint density at radius 2 is 1.81 bits per heavy atom. The maximum absolute atomic E-state index is 12.8. The van der Waals surface area contributed by atoms with Crippen LogP contribution in [0.5, 0.6) is 0 Å². The molecule has 114 valence electrons. The van der Waals surface area contributed by atoms with E-state index in [1.54, 1.807) is 11.1 Å². The van der Waals surface area contributed by atoms with Gasteiger partial charge in [0.05, 0.1) is 11.9 Å². The summed E-state index contributed by atoms with van der Waals surface area (Å²) in [5, 5.41) is 2.86. The van der Waals surface area contributed by atoms with Crippen molar-refractivity contribution in [3.05, 3.63) is 24.0 Å². The van der Waals surface area contributed by atoms with Crippen LogP contribution in [0.25, 0.3) is 0 Å². The zero-order valence-corrected chi connectivity index (χ0v) is 13.3. The van der Waals surface area contributed by atoms with Crippen LogP contribution in [0.4, 0.5) is 5.69 Å².